The molecule has 0 aromatic carbocycles. The molecule has 0 bridgehead atoms. The van der Waals surface area contributed by atoms with Crippen molar-refractivity contribution < 1.29 is 14.7 Å². The minimum Gasteiger partial charge on any atom is -0.381 e. The van der Waals surface area contributed by atoms with Crippen LogP contribution in [0, 0.1) is 5.41 Å². The molecule has 3 rings (SSSR count). The number of fused-ring (bicyclic) bond motifs is 1. The van der Waals surface area contributed by atoms with Crippen molar-refractivity contribution in [2.24, 2.45) is 16.3 Å². The van der Waals surface area contributed by atoms with Gasteiger partial charge in [-0.3, -0.25) is 4.79 Å². The van der Waals surface area contributed by atoms with Crippen LogP contribution in [0.2, 0.25) is 0 Å². The van der Waals surface area contributed by atoms with Gasteiger partial charge in [-0.1, -0.05) is 5.57 Å². The summed E-state index contributed by atoms with van der Waals surface area (Å²) in [4.78, 5) is 23.4. The van der Waals surface area contributed by atoms with Gasteiger partial charge in [0.2, 0.25) is 0 Å². The van der Waals surface area contributed by atoms with E-state index in [0.29, 0.717) is 18.4 Å². The molecule has 0 saturated heterocycles. The summed E-state index contributed by atoms with van der Waals surface area (Å²) >= 11 is 0. The Morgan fingerprint density at radius 3 is 2.71 bits per heavy atom. The molecular formula is C18H23N3O3. The van der Waals surface area contributed by atoms with Gasteiger partial charge in [0.15, 0.2) is 5.78 Å². The second-order valence-electron chi connectivity index (χ2n) is 7.03. The quantitative estimate of drug-likeness (QED) is 0.543. The first-order valence-electron chi connectivity index (χ1n) is 8.20. The van der Waals surface area contributed by atoms with Crippen LogP contribution in [0.15, 0.2) is 39.0 Å². The molecule has 3 aliphatic carbocycles. The molecule has 6 heteroatoms. The molecule has 1 saturated carbocycles. The van der Waals surface area contributed by atoms with Gasteiger partial charge in [-0.05, 0) is 69.2 Å². The summed E-state index contributed by atoms with van der Waals surface area (Å²) in [5.41, 5.74) is 10.4. The van der Waals surface area contributed by atoms with E-state index in [4.69, 9.17) is 5.73 Å². The van der Waals surface area contributed by atoms with Gasteiger partial charge in [-0.25, -0.2) is 10.2 Å². The highest BCUT2D eigenvalue weighted by molar-refractivity contribution is 6.10. The van der Waals surface area contributed by atoms with E-state index in [0.717, 1.165) is 35.1 Å². The van der Waals surface area contributed by atoms with Crippen molar-refractivity contribution >= 4 is 18.0 Å². The van der Waals surface area contributed by atoms with E-state index >= 15 is 0 Å². The monoisotopic (exact) mass is 329 g/mol. The maximum atomic E-state index is 12.8. The molecule has 4 N–H and O–H groups in total. The van der Waals surface area contributed by atoms with Gasteiger partial charge < -0.3 is 10.8 Å². The number of hydrogen-bond acceptors (Lipinski definition) is 4. The number of carbonyl (C=O) groups is 2. The zero-order valence-corrected chi connectivity index (χ0v) is 14.3. The van der Waals surface area contributed by atoms with Crippen molar-refractivity contribution in [2.75, 3.05) is 0 Å². The molecule has 1 atom stereocenters. The summed E-state index contributed by atoms with van der Waals surface area (Å²) in [7, 11) is 0. The number of rotatable bonds is 4. The molecule has 6 nitrogen and oxygen atoms in total. The lowest BCUT2D eigenvalue weighted by atomic mass is 9.67. The van der Waals surface area contributed by atoms with E-state index in [1.54, 1.807) is 13.1 Å². The van der Waals surface area contributed by atoms with Crippen LogP contribution in [0.3, 0.4) is 0 Å². The Kier molecular flexibility index (Phi) is 3.75. The Morgan fingerprint density at radius 2 is 2.12 bits per heavy atom. The summed E-state index contributed by atoms with van der Waals surface area (Å²) in [6.45, 7) is 5.68. The van der Waals surface area contributed by atoms with Crippen molar-refractivity contribution in [3.05, 3.63) is 33.9 Å². The summed E-state index contributed by atoms with van der Waals surface area (Å²) in [6, 6.07) is -0.694. The Bertz CT molecular complexity index is 749. The Morgan fingerprint density at radius 1 is 1.46 bits per heavy atom. The van der Waals surface area contributed by atoms with Crippen molar-refractivity contribution in [2.45, 2.75) is 52.1 Å². The lowest BCUT2D eigenvalue weighted by Crippen LogP contribution is -2.49. The third kappa shape index (κ3) is 2.24. The fraction of sp³-hybridized carbons (Fsp3) is 0.500. The number of hydrogen-bond donors (Lipinski definition) is 3. The third-order valence-electron chi connectivity index (χ3n) is 5.66. The number of carbonyl (C=O) groups excluding carboxylic acids is 2. The smallest absolute Gasteiger partial charge is 0.332 e. The number of allylic oxidation sites excluding steroid dienone is 4. The summed E-state index contributed by atoms with van der Waals surface area (Å²) in [6.07, 6.45) is 6.54. The number of hydrazone groups is 1. The lowest BCUT2D eigenvalue weighted by molar-refractivity contribution is -0.137. The molecule has 0 unspecified atom stereocenters. The molecule has 0 aromatic heterocycles. The standard InChI is InChI=1S/C18H23N3O3/c1-10-9-13-14(12(10)5-4-8-20-21-16(19)23)11(2)18(6-7-18)17(3,24)15(13)22/h8-9,24H,4-7H2,1-3H3,(H3,19,21,23)/b20-8+/t17-/m0/s1. The number of ketones is 1. The van der Waals surface area contributed by atoms with Gasteiger partial charge in [-0.2, -0.15) is 5.10 Å². The van der Waals surface area contributed by atoms with Crippen molar-refractivity contribution in [1.29, 1.82) is 0 Å². The minimum atomic E-state index is -1.31. The molecule has 1 spiro atoms. The molecule has 0 radical (unpaired) electrons. The van der Waals surface area contributed by atoms with E-state index in [-0.39, 0.29) is 5.78 Å². The second-order valence-corrected chi connectivity index (χ2v) is 7.03. The molecule has 0 aliphatic heterocycles. The number of primary amides is 1. The zero-order valence-electron chi connectivity index (χ0n) is 14.3. The highest BCUT2D eigenvalue weighted by Gasteiger charge is 2.64. The van der Waals surface area contributed by atoms with Gasteiger partial charge in [0.1, 0.15) is 5.60 Å². The first kappa shape index (κ1) is 16.6. The molecule has 0 heterocycles. The number of nitrogens with zero attached hydrogens (tertiary/aromatic N) is 1. The average Bonchev–Trinajstić information content (AvgIpc) is 3.25. The van der Waals surface area contributed by atoms with E-state index < -0.39 is 17.0 Å². The fourth-order valence-corrected chi connectivity index (χ4v) is 4.12. The molecule has 2 amide bonds. The second kappa shape index (κ2) is 5.41. The molecule has 1 fully saturated rings. The van der Waals surface area contributed by atoms with Gasteiger partial charge in [0.25, 0.3) is 0 Å². The SMILES string of the molecule is CC1=C(CC/C=N/NC(N)=O)C2=C(C)C3(CC3)[C@@](C)(O)C(=O)C2=C1. The first-order valence-corrected chi connectivity index (χ1v) is 8.20. The summed E-state index contributed by atoms with van der Waals surface area (Å²) < 4.78 is 0. The largest absolute Gasteiger partial charge is 0.381 e. The number of Topliss-reactive ketones (excluding diaryl/α,β-unsaturated/α-hetero) is 1. The van der Waals surface area contributed by atoms with E-state index in [2.05, 4.69) is 10.5 Å². The van der Waals surface area contributed by atoms with E-state index in [1.807, 2.05) is 19.9 Å². The van der Waals surface area contributed by atoms with Crippen molar-refractivity contribution in [3.8, 4) is 0 Å². The van der Waals surface area contributed by atoms with Crippen LogP contribution in [0.4, 0.5) is 4.79 Å². The molecule has 128 valence electrons. The highest BCUT2D eigenvalue weighted by atomic mass is 16.3. The Labute approximate surface area is 141 Å². The van der Waals surface area contributed by atoms with Crippen molar-refractivity contribution in [3.63, 3.8) is 0 Å². The van der Waals surface area contributed by atoms with Crippen LogP contribution in [-0.2, 0) is 4.79 Å². The number of nitrogens with one attached hydrogen (secondary N) is 1. The summed E-state index contributed by atoms with van der Waals surface area (Å²) in [5, 5.41) is 14.6. The van der Waals surface area contributed by atoms with Gasteiger partial charge in [-0.15, -0.1) is 0 Å². The van der Waals surface area contributed by atoms with Gasteiger partial charge in [0.05, 0.1) is 0 Å². The predicted molar refractivity (Wildman–Crippen MR) is 91.2 cm³/mol. The molecule has 0 aromatic rings. The lowest BCUT2D eigenvalue weighted by Gasteiger charge is -2.39. The minimum absolute atomic E-state index is 0.168. The Balaban J connectivity index is 1.87. The maximum Gasteiger partial charge on any atom is 0.332 e. The van der Waals surface area contributed by atoms with E-state index in [9.17, 15) is 14.7 Å². The van der Waals surface area contributed by atoms with Crippen LogP contribution in [0.1, 0.15) is 46.5 Å². The van der Waals surface area contributed by atoms with Crippen LogP contribution in [0.5, 0.6) is 0 Å². The first-order chi connectivity index (χ1) is 11.2. The third-order valence-corrected chi connectivity index (χ3v) is 5.66. The highest BCUT2D eigenvalue weighted by Crippen LogP contribution is 2.65. The van der Waals surface area contributed by atoms with Crippen molar-refractivity contribution in [1.82, 2.24) is 5.43 Å². The molecule has 3 aliphatic rings. The number of nitrogens with two attached hydrogens (primary N) is 1. The van der Waals surface area contributed by atoms with E-state index in [1.165, 1.54) is 0 Å². The van der Waals surface area contributed by atoms with Crippen LogP contribution >= 0.6 is 0 Å². The zero-order chi connectivity index (χ0) is 17.7. The number of urea groups is 1. The van der Waals surface area contributed by atoms with Gasteiger partial charge in [0, 0.05) is 17.2 Å². The topological polar surface area (TPSA) is 105 Å². The fourth-order valence-electron chi connectivity index (χ4n) is 4.12. The number of aliphatic hydroxyl groups is 1. The van der Waals surface area contributed by atoms with Crippen LogP contribution in [0.25, 0.3) is 0 Å². The maximum absolute atomic E-state index is 12.8. The summed E-state index contributed by atoms with van der Waals surface area (Å²) in [5.74, 6) is -0.168. The molecular weight excluding hydrogens is 306 g/mol. The van der Waals surface area contributed by atoms with Crippen LogP contribution < -0.4 is 11.2 Å². The number of amides is 2. The molecule has 24 heavy (non-hydrogen) atoms. The average molecular weight is 329 g/mol. The predicted octanol–water partition coefficient (Wildman–Crippen LogP) is 2.11. The van der Waals surface area contributed by atoms with Gasteiger partial charge >= 0.3 is 6.03 Å². The van der Waals surface area contributed by atoms with Crippen LogP contribution in [-0.4, -0.2) is 28.7 Å². The normalized spacial score (nSPS) is 27.8. The Hall–Kier alpha value is -2.21.